The Bertz CT molecular complexity index is 1510. The third-order valence-corrected chi connectivity index (χ3v) is 6.59. The van der Waals surface area contributed by atoms with Crippen molar-refractivity contribution in [2.45, 2.75) is 19.1 Å². The van der Waals surface area contributed by atoms with Crippen molar-refractivity contribution in [1.29, 1.82) is 0 Å². The second kappa shape index (κ2) is 9.82. The summed E-state index contributed by atoms with van der Waals surface area (Å²) < 4.78 is 9.00. The van der Waals surface area contributed by atoms with E-state index in [1.807, 2.05) is 48.5 Å². The van der Waals surface area contributed by atoms with E-state index in [-0.39, 0.29) is 12.3 Å². The Morgan fingerprint density at radius 2 is 1.77 bits per heavy atom. The number of fused-ring (bicyclic) bond motifs is 2. The maximum Gasteiger partial charge on any atom is 0.328 e. The summed E-state index contributed by atoms with van der Waals surface area (Å²) in [6.07, 6.45) is 2.26. The molecular formula is C28H30N4O3. The number of aliphatic hydroxyl groups excluding tert-OH is 1. The average Bonchev–Trinajstić information content (AvgIpc) is 3.40. The highest BCUT2D eigenvalue weighted by molar-refractivity contribution is 5.83. The Morgan fingerprint density at radius 3 is 2.60 bits per heavy atom. The molecular weight excluding hydrogens is 440 g/mol. The molecule has 35 heavy (non-hydrogen) atoms. The Balaban J connectivity index is 1.11. The van der Waals surface area contributed by atoms with Crippen LogP contribution in [0, 0.1) is 0 Å². The van der Waals surface area contributed by atoms with Crippen molar-refractivity contribution >= 4 is 21.9 Å². The van der Waals surface area contributed by atoms with E-state index in [9.17, 15) is 9.90 Å². The number of rotatable bonds is 9. The number of nitrogens with one attached hydrogen (secondary N) is 2. The van der Waals surface area contributed by atoms with Crippen molar-refractivity contribution in [3.05, 3.63) is 100 Å². The van der Waals surface area contributed by atoms with Gasteiger partial charge in [0.2, 0.25) is 0 Å². The van der Waals surface area contributed by atoms with Crippen LogP contribution in [0.4, 0.5) is 0 Å². The minimum atomic E-state index is -0.791. The number of aryl methyl sites for hydroxylation is 2. The van der Waals surface area contributed by atoms with Gasteiger partial charge in [0.25, 0.3) is 0 Å². The first-order valence-corrected chi connectivity index (χ1v) is 11.8. The fourth-order valence-corrected chi connectivity index (χ4v) is 4.50. The lowest BCUT2D eigenvalue weighted by Gasteiger charge is -2.14. The number of H-pyrrole nitrogens is 1. The van der Waals surface area contributed by atoms with Crippen molar-refractivity contribution < 1.29 is 9.84 Å². The van der Waals surface area contributed by atoms with Gasteiger partial charge in [-0.25, -0.2) is 4.79 Å². The molecule has 0 spiro atoms. The minimum absolute atomic E-state index is 0.0876. The topological polar surface area (TPSA) is 84.2 Å². The number of aromatic nitrogens is 3. The number of imidazole rings is 1. The van der Waals surface area contributed by atoms with E-state index >= 15 is 0 Å². The van der Waals surface area contributed by atoms with E-state index in [1.165, 1.54) is 22.0 Å². The number of nitrogens with zero attached hydrogens (tertiary/aromatic N) is 2. The van der Waals surface area contributed by atoms with Crippen LogP contribution in [0.25, 0.3) is 21.9 Å². The fraction of sp³-hybridized carbons (Fsp3) is 0.250. The maximum atomic E-state index is 12.1. The van der Waals surface area contributed by atoms with E-state index in [0.717, 1.165) is 36.1 Å². The first-order chi connectivity index (χ1) is 17.0. The van der Waals surface area contributed by atoms with Gasteiger partial charge >= 0.3 is 5.69 Å². The molecule has 7 heteroatoms. The van der Waals surface area contributed by atoms with Gasteiger partial charge in [0, 0.05) is 37.7 Å². The van der Waals surface area contributed by atoms with Crippen molar-refractivity contribution in [3.63, 3.8) is 0 Å². The smallest absolute Gasteiger partial charge is 0.328 e. The highest BCUT2D eigenvalue weighted by Gasteiger charge is 2.13. The Labute approximate surface area is 203 Å². The first-order valence-electron chi connectivity index (χ1n) is 11.8. The minimum Gasteiger partial charge on any atom is -0.491 e. The lowest BCUT2D eigenvalue weighted by atomic mass is 10.1. The third kappa shape index (κ3) is 4.73. The lowest BCUT2D eigenvalue weighted by molar-refractivity contribution is 0.108. The summed E-state index contributed by atoms with van der Waals surface area (Å²) in [5.74, 6) is 0.708. The van der Waals surface area contributed by atoms with Crippen LogP contribution in [0.1, 0.15) is 22.8 Å². The first kappa shape index (κ1) is 23.0. The molecule has 1 unspecified atom stereocenters. The number of hydrogen-bond acceptors (Lipinski definition) is 4. The second-order valence-corrected chi connectivity index (χ2v) is 8.91. The molecule has 2 aromatic heterocycles. The van der Waals surface area contributed by atoms with Crippen LogP contribution in [0.2, 0.25) is 0 Å². The number of hydrogen-bond donors (Lipinski definition) is 3. The summed E-state index contributed by atoms with van der Waals surface area (Å²) in [6.45, 7) is 1.80. The monoisotopic (exact) mass is 470 g/mol. The zero-order chi connectivity index (χ0) is 24.4. The molecule has 0 saturated carbocycles. The molecule has 1 atom stereocenters. The summed E-state index contributed by atoms with van der Waals surface area (Å²) in [5, 5.41) is 15.4. The SMILES string of the molecule is Cn1c(=O)n(C)c2cc(C(O)COc3ccc(CNCCc4c[nH]c5ccccc45)cc3)ccc21. The number of aliphatic hydroxyl groups is 1. The Kier molecular flexibility index (Phi) is 6.44. The van der Waals surface area contributed by atoms with Gasteiger partial charge in [0.1, 0.15) is 18.5 Å². The standard InChI is InChI=1S/C28H30N4O3/c1-31-25-12-9-20(15-26(25)32(2)28(31)34)27(33)18-35-22-10-7-19(8-11-22)16-29-14-13-21-17-30-24-6-4-3-5-23(21)24/h3-12,15,17,27,29-30,33H,13-14,16,18H2,1-2H3. The van der Waals surface area contributed by atoms with Crippen molar-refractivity contribution in [3.8, 4) is 5.75 Å². The summed E-state index contributed by atoms with van der Waals surface area (Å²) in [4.78, 5) is 15.4. The molecule has 0 radical (unpaired) electrons. The zero-order valence-electron chi connectivity index (χ0n) is 20.0. The molecule has 0 aliphatic rings. The second-order valence-electron chi connectivity index (χ2n) is 8.91. The van der Waals surface area contributed by atoms with Crippen LogP contribution in [0.15, 0.2) is 77.7 Å². The van der Waals surface area contributed by atoms with E-state index in [1.54, 1.807) is 23.2 Å². The zero-order valence-corrected chi connectivity index (χ0v) is 20.0. The van der Waals surface area contributed by atoms with Crippen LogP contribution < -0.4 is 15.7 Å². The van der Waals surface area contributed by atoms with Gasteiger partial charge in [-0.3, -0.25) is 9.13 Å². The molecule has 7 nitrogen and oxygen atoms in total. The van der Waals surface area contributed by atoms with Crippen molar-refractivity contribution in [1.82, 2.24) is 19.4 Å². The molecule has 0 amide bonds. The van der Waals surface area contributed by atoms with Crippen LogP contribution in [-0.4, -0.2) is 32.4 Å². The molecule has 0 fully saturated rings. The quantitative estimate of drug-likeness (QED) is 0.286. The number of ether oxygens (including phenoxy) is 1. The van der Waals surface area contributed by atoms with Gasteiger partial charge < -0.3 is 20.1 Å². The number of benzene rings is 3. The highest BCUT2D eigenvalue weighted by Crippen LogP contribution is 2.21. The van der Waals surface area contributed by atoms with Crippen LogP contribution in [0.3, 0.4) is 0 Å². The average molecular weight is 471 g/mol. The summed E-state index contributed by atoms with van der Waals surface area (Å²) >= 11 is 0. The van der Waals surface area contributed by atoms with E-state index in [0.29, 0.717) is 5.75 Å². The largest absolute Gasteiger partial charge is 0.491 e. The van der Waals surface area contributed by atoms with E-state index in [4.69, 9.17) is 4.74 Å². The van der Waals surface area contributed by atoms with Gasteiger partial charge in [-0.2, -0.15) is 0 Å². The normalized spacial score (nSPS) is 12.4. The molecule has 0 bridgehead atoms. The van der Waals surface area contributed by atoms with Gasteiger partial charge in [-0.1, -0.05) is 36.4 Å². The summed E-state index contributed by atoms with van der Waals surface area (Å²) in [5.41, 5.74) is 5.92. The van der Waals surface area contributed by atoms with Crippen molar-refractivity contribution in [2.75, 3.05) is 13.2 Å². The molecule has 0 aliphatic carbocycles. The lowest BCUT2D eigenvalue weighted by Crippen LogP contribution is -2.19. The van der Waals surface area contributed by atoms with Gasteiger partial charge in [-0.15, -0.1) is 0 Å². The Morgan fingerprint density at radius 1 is 1.00 bits per heavy atom. The maximum absolute atomic E-state index is 12.1. The van der Waals surface area contributed by atoms with Crippen molar-refractivity contribution in [2.24, 2.45) is 14.1 Å². The van der Waals surface area contributed by atoms with Crippen LogP contribution >= 0.6 is 0 Å². The molecule has 0 aliphatic heterocycles. The van der Waals surface area contributed by atoms with Gasteiger partial charge in [0.05, 0.1) is 11.0 Å². The third-order valence-electron chi connectivity index (χ3n) is 6.59. The molecule has 180 valence electrons. The molecule has 5 rings (SSSR count). The molecule has 3 aromatic carbocycles. The number of para-hydroxylation sites is 1. The number of aromatic amines is 1. The van der Waals surface area contributed by atoms with Crippen LogP contribution in [0.5, 0.6) is 5.75 Å². The molecule has 2 heterocycles. The molecule has 5 aromatic rings. The Hall–Kier alpha value is -3.81. The molecule has 3 N–H and O–H groups in total. The summed E-state index contributed by atoms with van der Waals surface area (Å²) in [6, 6.07) is 21.8. The molecule has 0 saturated heterocycles. The fourth-order valence-electron chi connectivity index (χ4n) is 4.50. The van der Waals surface area contributed by atoms with Gasteiger partial charge in [0.15, 0.2) is 0 Å². The van der Waals surface area contributed by atoms with E-state index in [2.05, 4.69) is 34.7 Å². The van der Waals surface area contributed by atoms with Gasteiger partial charge in [-0.05, 0) is 60.0 Å². The predicted octanol–water partition coefficient (Wildman–Crippen LogP) is 3.80. The van der Waals surface area contributed by atoms with Crippen LogP contribution in [-0.2, 0) is 27.1 Å². The van der Waals surface area contributed by atoms with E-state index < -0.39 is 6.10 Å². The summed E-state index contributed by atoms with van der Waals surface area (Å²) in [7, 11) is 3.48. The predicted molar refractivity (Wildman–Crippen MR) is 139 cm³/mol. The highest BCUT2D eigenvalue weighted by atomic mass is 16.5.